The van der Waals surface area contributed by atoms with Gasteiger partial charge in [0, 0.05) is 33.3 Å². The molecule has 0 fully saturated rings. The number of carbonyl (C=O) groups is 1. The molecule has 0 aromatic carbocycles. The van der Waals surface area contributed by atoms with Gasteiger partial charge in [-0.15, -0.1) is 24.0 Å². The van der Waals surface area contributed by atoms with Gasteiger partial charge in [-0.1, -0.05) is 13.8 Å². The number of nitrogens with one attached hydrogen (secondary N) is 3. The predicted molar refractivity (Wildman–Crippen MR) is 106 cm³/mol. The van der Waals surface area contributed by atoms with E-state index in [1.54, 1.807) is 19.2 Å². The average molecular weight is 452 g/mol. The van der Waals surface area contributed by atoms with Crippen molar-refractivity contribution in [1.29, 1.82) is 0 Å². The van der Waals surface area contributed by atoms with E-state index in [1.165, 1.54) is 6.26 Å². The summed E-state index contributed by atoms with van der Waals surface area (Å²) >= 11 is 0. The van der Waals surface area contributed by atoms with Crippen LogP contribution in [0.1, 0.15) is 30.8 Å². The van der Waals surface area contributed by atoms with E-state index in [4.69, 9.17) is 9.15 Å². The molecule has 0 radical (unpaired) electrons. The van der Waals surface area contributed by atoms with Crippen LogP contribution >= 0.6 is 24.0 Å². The quantitative estimate of drug-likeness (QED) is 0.218. The smallest absolute Gasteiger partial charge is 0.287 e. The van der Waals surface area contributed by atoms with Gasteiger partial charge in [0.2, 0.25) is 0 Å². The summed E-state index contributed by atoms with van der Waals surface area (Å²) in [7, 11) is 1.70. The number of carbonyl (C=O) groups excluding carboxylic acids is 1. The first-order chi connectivity index (χ1) is 11.1. The van der Waals surface area contributed by atoms with Crippen LogP contribution in [0.3, 0.4) is 0 Å². The lowest BCUT2D eigenvalue weighted by atomic mass is 10.1. The molecule has 1 aromatic rings. The third-order valence-electron chi connectivity index (χ3n) is 3.05. The van der Waals surface area contributed by atoms with Crippen molar-refractivity contribution in [3.05, 3.63) is 24.2 Å². The molecule has 1 amide bonds. The van der Waals surface area contributed by atoms with Crippen LogP contribution in [-0.4, -0.2) is 51.8 Å². The number of rotatable bonds is 10. The highest BCUT2D eigenvalue weighted by molar-refractivity contribution is 14.0. The maximum absolute atomic E-state index is 11.6. The highest BCUT2D eigenvalue weighted by Gasteiger charge is 2.06. The molecule has 3 N–H and O–H groups in total. The second-order valence-electron chi connectivity index (χ2n) is 5.45. The number of ether oxygens (including phenoxy) is 1. The molecular formula is C16H29IN4O3. The summed E-state index contributed by atoms with van der Waals surface area (Å²) in [5.41, 5.74) is 0. The zero-order valence-electron chi connectivity index (χ0n) is 14.6. The molecule has 0 aliphatic rings. The van der Waals surface area contributed by atoms with Crippen molar-refractivity contribution >= 4 is 35.8 Å². The maximum Gasteiger partial charge on any atom is 0.287 e. The monoisotopic (exact) mass is 452 g/mol. The van der Waals surface area contributed by atoms with Gasteiger partial charge in [0.05, 0.1) is 12.9 Å². The highest BCUT2D eigenvalue weighted by Crippen LogP contribution is 1.98. The predicted octanol–water partition coefficient (Wildman–Crippen LogP) is 1.86. The molecule has 1 rings (SSSR count). The molecule has 0 saturated heterocycles. The molecule has 0 unspecified atom stereocenters. The van der Waals surface area contributed by atoms with Crippen LogP contribution in [-0.2, 0) is 4.74 Å². The average Bonchev–Trinajstić information content (AvgIpc) is 3.06. The fraction of sp³-hybridized carbons (Fsp3) is 0.625. The van der Waals surface area contributed by atoms with Crippen LogP contribution in [0.5, 0.6) is 0 Å². The Bertz CT molecular complexity index is 464. The number of amides is 1. The highest BCUT2D eigenvalue weighted by atomic mass is 127. The minimum absolute atomic E-state index is 0. The van der Waals surface area contributed by atoms with Gasteiger partial charge >= 0.3 is 0 Å². The molecule has 1 aromatic heterocycles. The fourth-order valence-electron chi connectivity index (χ4n) is 1.74. The summed E-state index contributed by atoms with van der Waals surface area (Å²) in [5, 5.41) is 9.03. The lowest BCUT2D eigenvalue weighted by Crippen LogP contribution is -2.42. The first-order valence-corrected chi connectivity index (χ1v) is 7.97. The minimum Gasteiger partial charge on any atom is -0.459 e. The normalized spacial score (nSPS) is 11.1. The Kier molecular flexibility index (Phi) is 13.3. The first-order valence-electron chi connectivity index (χ1n) is 7.97. The molecule has 0 aliphatic heterocycles. The van der Waals surface area contributed by atoms with Crippen molar-refractivity contribution in [3.63, 3.8) is 0 Å². The second-order valence-corrected chi connectivity index (χ2v) is 5.45. The standard InChI is InChI=1S/C16H28N4O3.HI/c1-13(2)6-11-22-12-9-20-16(17-3)19-8-7-18-15(21)14-5-4-10-23-14;/h4-5,10,13H,6-9,11-12H2,1-3H3,(H,18,21)(H2,17,19,20);1H. The summed E-state index contributed by atoms with van der Waals surface area (Å²) < 4.78 is 10.5. The Hall–Kier alpha value is -1.29. The number of hydrogen-bond donors (Lipinski definition) is 3. The lowest BCUT2D eigenvalue weighted by Gasteiger charge is -2.12. The third kappa shape index (κ3) is 10.5. The van der Waals surface area contributed by atoms with Crippen LogP contribution in [0.2, 0.25) is 0 Å². The molecule has 0 atom stereocenters. The second kappa shape index (κ2) is 14.1. The number of halogens is 1. The summed E-state index contributed by atoms with van der Waals surface area (Å²) in [6.45, 7) is 7.52. The van der Waals surface area contributed by atoms with Crippen LogP contribution in [0.25, 0.3) is 0 Å². The molecule has 0 bridgehead atoms. The van der Waals surface area contributed by atoms with Gasteiger partial charge in [-0.2, -0.15) is 0 Å². The van der Waals surface area contributed by atoms with E-state index in [2.05, 4.69) is 34.8 Å². The van der Waals surface area contributed by atoms with E-state index in [0.29, 0.717) is 43.9 Å². The van der Waals surface area contributed by atoms with E-state index in [9.17, 15) is 4.79 Å². The Morgan fingerprint density at radius 2 is 1.92 bits per heavy atom. The van der Waals surface area contributed by atoms with Crippen LogP contribution in [0.4, 0.5) is 0 Å². The van der Waals surface area contributed by atoms with E-state index >= 15 is 0 Å². The molecule has 8 heteroatoms. The Balaban J connectivity index is 0.00000529. The van der Waals surface area contributed by atoms with Crippen molar-refractivity contribution in [3.8, 4) is 0 Å². The summed E-state index contributed by atoms with van der Waals surface area (Å²) in [6.07, 6.45) is 2.55. The fourth-order valence-corrected chi connectivity index (χ4v) is 1.74. The van der Waals surface area contributed by atoms with Crippen molar-refractivity contribution in [2.75, 3.05) is 39.9 Å². The lowest BCUT2D eigenvalue weighted by molar-refractivity contribution is 0.0926. The van der Waals surface area contributed by atoms with Gasteiger partial charge in [-0.3, -0.25) is 9.79 Å². The molecule has 0 saturated carbocycles. The molecule has 0 aliphatic carbocycles. The van der Waals surface area contributed by atoms with E-state index < -0.39 is 0 Å². The maximum atomic E-state index is 11.6. The number of furan rings is 1. The Morgan fingerprint density at radius 1 is 1.21 bits per heavy atom. The van der Waals surface area contributed by atoms with E-state index in [-0.39, 0.29) is 29.9 Å². The topological polar surface area (TPSA) is 87.9 Å². The summed E-state index contributed by atoms with van der Waals surface area (Å²) in [5.74, 6) is 1.43. The molecular weight excluding hydrogens is 423 g/mol. The summed E-state index contributed by atoms with van der Waals surface area (Å²) in [4.78, 5) is 15.8. The van der Waals surface area contributed by atoms with Crippen LogP contribution < -0.4 is 16.0 Å². The minimum atomic E-state index is -0.224. The number of nitrogens with zero attached hydrogens (tertiary/aromatic N) is 1. The zero-order chi connectivity index (χ0) is 16.9. The van der Waals surface area contributed by atoms with Gasteiger partial charge in [-0.25, -0.2) is 0 Å². The molecule has 138 valence electrons. The summed E-state index contributed by atoms with van der Waals surface area (Å²) in [6, 6.07) is 3.31. The zero-order valence-corrected chi connectivity index (χ0v) is 17.0. The number of aliphatic imine (C=N–C) groups is 1. The van der Waals surface area contributed by atoms with Gasteiger partial charge < -0.3 is 25.1 Å². The van der Waals surface area contributed by atoms with Gasteiger partial charge in [0.1, 0.15) is 0 Å². The van der Waals surface area contributed by atoms with Crippen LogP contribution in [0.15, 0.2) is 27.8 Å². The van der Waals surface area contributed by atoms with E-state index in [1.807, 2.05) is 0 Å². The molecule has 1 heterocycles. The molecule has 7 nitrogen and oxygen atoms in total. The van der Waals surface area contributed by atoms with Crippen molar-refractivity contribution in [2.24, 2.45) is 10.9 Å². The van der Waals surface area contributed by atoms with Crippen molar-refractivity contribution in [1.82, 2.24) is 16.0 Å². The van der Waals surface area contributed by atoms with Crippen LogP contribution in [0, 0.1) is 5.92 Å². The van der Waals surface area contributed by atoms with E-state index in [0.717, 1.165) is 13.0 Å². The number of hydrogen-bond acceptors (Lipinski definition) is 4. The molecule has 0 spiro atoms. The van der Waals surface area contributed by atoms with Gasteiger partial charge in [0.15, 0.2) is 11.7 Å². The first kappa shape index (κ1) is 22.7. The Morgan fingerprint density at radius 3 is 2.54 bits per heavy atom. The SMILES string of the molecule is CN=C(NCCNC(=O)c1ccco1)NCCOCCC(C)C.I. The largest absolute Gasteiger partial charge is 0.459 e. The van der Waals surface area contributed by atoms with Crippen molar-refractivity contribution < 1.29 is 13.9 Å². The Labute approximate surface area is 161 Å². The van der Waals surface area contributed by atoms with Crippen molar-refractivity contribution in [2.45, 2.75) is 20.3 Å². The number of guanidine groups is 1. The molecule has 24 heavy (non-hydrogen) atoms. The van der Waals surface area contributed by atoms with Gasteiger partial charge in [0.25, 0.3) is 5.91 Å². The van der Waals surface area contributed by atoms with Gasteiger partial charge in [-0.05, 0) is 24.5 Å². The third-order valence-corrected chi connectivity index (χ3v) is 3.05.